The zero-order chi connectivity index (χ0) is 20.8. The monoisotopic (exact) mass is 390 g/mol. The largest absolute Gasteiger partial charge is 0.461 e. The number of allylic oxidation sites excluding steroid dienone is 1. The number of pyridine rings is 1. The van der Waals surface area contributed by atoms with Crippen LogP contribution in [0.15, 0.2) is 54.7 Å². The van der Waals surface area contributed by atoms with E-state index in [-0.39, 0.29) is 23.4 Å². The maximum absolute atomic E-state index is 12.5. The first-order valence-corrected chi connectivity index (χ1v) is 10.5. The molecule has 2 aromatic rings. The smallest absolute Gasteiger partial charge is 0.326 e. The van der Waals surface area contributed by atoms with Crippen molar-refractivity contribution in [1.29, 1.82) is 0 Å². The molecule has 1 unspecified atom stereocenters. The third kappa shape index (κ3) is 3.20. The molecule has 0 bridgehead atoms. The topological polar surface area (TPSA) is 65.2 Å². The summed E-state index contributed by atoms with van der Waals surface area (Å²) in [6.07, 6.45) is 6.67. The van der Waals surface area contributed by atoms with Gasteiger partial charge in [0.25, 0.3) is 0 Å². The number of cyclic esters (lactones) is 1. The molecule has 4 rings (SSSR count). The van der Waals surface area contributed by atoms with Crippen molar-refractivity contribution in [3.05, 3.63) is 60.4 Å². The lowest BCUT2D eigenvalue weighted by atomic mass is 9.51. The van der Waals surface area contributed by atoms with E-state index in [4.69, 9.17) is 10.5 Å². The number of nitrogens with two attached hydrogens (primary N) is 1. The fourth-order valence-electron chi connectivity index (χ4n) is 5.59. The number of fused-ring (bicyclic) bond motifs is 1. The molecule has 0 spiro atoms. The lowest BCUT2D eigenvalue weighted by Crippen LogP contribution is -2.62. The second-order valence-electron chi connectivity index (χ2n) is 9.14. The summed E-state index contributed by atoms with van der Waals surface area (Å²) in [7, 11) is 0. The zero-order valence-corrected chi connectivity index (χ0v) is 17.6. The standard InChI is InChI=1S/C25H30N2O2/c1-16-14-25(26)22(18(3)29-23(25)28)24(4,17(16)2)13-12-21-11-10-20(15-27-21)19-8-6-5-7-9-19/h5-13,15-18,22H,14,26H2,1-4H3/b13-12+/t16-,17+,18+,22-,24?,25-/m0/s1. The van der Waals surface area contributed by atoms with Crippen LogP contribution in [-0.4, -0.2) is 22.6 Å². The van der Waals surface area contributed by atoms with Crippen molar-refractivity contribution in [2.45, 2.75) is 45.8 Å². The number of carbonyl (C=O) groups is 1. The molecule has 0 amide bonds. The Hall–Kier alpha value is -2.46. The highest BCUT2D eigenvalue weighted by Gasteiger charge is 2.64. The number of hydrogen-bond acceptors (Lipinski definition) is 4. The van der Waals surface area contributed by atoms with Crippen LogP contribution in [0.25, 0.3) is 17.2 Å². The van der Waals surface area contributed by atoms with Crippen molar-refractivity contribution in [3.8, 4) is 11.1 Å². The molecule has 1 aliphatic carbocycles. The van der Waals surface area contributed by atoms with E-state index in [2.05, 4.69) is 56.1 Å². The Balaban J connectivity index is 1.64. The second kappa shape index (κ2) is 7.10. The van der Waals surface area contributed by atoms with Crippen molar-refractivity contribution in [3.63, 3.8) is 0 Å². The highest BCUT2D eigenvalue weighted by atomic mass is 16.6. The molecule has 2 N–H and O–H groups in total. The van der Waals surface area contributed by atoms with Crippen LogP contribution in [0, 0.1) is 23.2 Å². The summed E-state index contributed by atoms with van der Waals surface area (Å²) >= 11 is 0. The summed E-state index contributed by atoms with van der Waals surface area (Å²) in [6.45, 7) is 8.63. The van der Waals surface area contributed by atoms with E-state index in [0.717, 1.165) is 16.8 Å². The number of esters is 1. The SMILES string of the molecule is C[C@@H]1[C@@H](C)C[C@@]2(N)C(=O)O[C@H](C)[C@H]2C1(C)/C=C/c1ccc(-c2ccccc2)cn1. The van der Waals surface area contributed by atoms with Gasteiger partial charge in [-0.25, -0.2) is 0 Å². The lowest BCUT2D eigenvalue weighted by molar-refractivity contribution is -0.145. The van der Waals surface area contributed by atoms with Crippen molar-refractivity contribution >= 4 is 12.0 Å². The Bertz CT molecular complexity index is 924. The second-order valence-corrected chi connectivity index (χ2v) is 9.14. The van der Waals surface area contributed by atoms with E-state index in [1.54, 1.807) is 0 Å². The average Bonchev–Trinajstić information content (AvgIpc) is 2.94. The van der Waals surface area contributed by atoms with E-state index in [0.29, 0.717) is 18.3 Å². The summed E-state index contributed by atoms with van der Waals surface area (Å²) < 4.78 is 5.61. The Morgan fingerprint density at radius 1 is 1.10 bits per heavy atom. The van der Waals surface area contributed by atoms with E-state index < -0.39 is 5.54 Å². The van der Waals surface area contributed by atoms with Gasteiger partial charge in [-0.1, -0.05) is 63.2 Å². The van der Waals surface area contributed by atoms with E-state index in [1.165, 1.54) is 0 Å². The minimum absolute atomic E-state index is 0.0476. The highest BCUT2D eigenvalue weighted by Crippen LogP contribution is 2.57. The zero-order valence-electron chi connectivity index (χ0n) is 17.6. The van der Waals surface area contributed by atoms with Crippen LogP contribution >= 0.6 is 0 Å². The van der Waals surface area contributed by atoms with Crippen molar-refractivity contribution in [2.75, 3.05) is 0 Å². The van der Waals surface area contributed by atoms with Crippen LogP contribution in [0.1, 0.15) is 39.8 Å². The number of carbonyl (C=O) groups excluding carboxylic acids is 1. The van der Waals surface area contributed by atoms with Crippen molar-refractivity contribution in [2.24, 2.45) is 28.9 Å². The van der Waals surface area contributed by atoms with Gasteiger partial charge in [-0.15, -0.1) is 0 Å². The Morgan fingerprint density at radius 2 is 1.83 bits per heavy atom. The molecule has 1 aromatic heterocycles. The Labute approximate surface area is 173 Å². The van der Waals surface area contributed by atoms with Gasteiger partial charge < -0.3 is 10.5 Å². The minimum atomic E-state index is -0.908. The van der Waals surface area contributed by atoms with Crippen molar-refractivity contribution in [1.82, 2.24) is 4.98 Å². The maximum Gasteiger partial charge on any atom is 0.326 e. The van der Waals surface area contributed by atoms with Gasteiger partial charge in [0.15, 0.2) is 0 Å². The minimum Gasteiger partial charge on any atom is -0.461 e. The van der Waals surface area contributed by atoms with Gasteiger partial charge in [-0.2, -0.15) is 0 Å². The predicted octanol–water partition coefficient (Wildman–Crippen LogP) is 4.70. The molecule has 2 fully saturated rings. The van der Waals surface area contributed by atoms with Gasteiger partial charge in [0, 0.05) is 17.7 Å². The molecule has 2 aliphatic rings. The fourth-order valence-corrected chi connectivity index (χ4v) is 5.59. The normalized spacial score (nSPS) is 36.8. The summed E-state index contributed by atoms with van der Waals surface area (Å²) in [6, 6.07) is 14.4. The third-order valence-electron chi connectivity index (χ3n) is 7.37. The van der Waals surface area contributed by atoms with Gasteiger partial charge in [0.1, 0.15) is 11.6 Å². The molecule has 1 saturated heterocycles. The molecule has 29 heavy (non-hydrogen) atoms. The van der Waals surface area contributed by atoms with Crippen LogP contribution in [-0.2, 0) is 9.53 Å². The molecule has 0 radical (unpaired) electrons. The van der Waals surface area contributed by atoms with Crippen LogP contribution in [0.2, 0.25) is 0 Å². The molecular formula is C25H30N2O2. The molecule has 1 aromatic carbocycles. The van der Waals surface area contributed by atoms with Crippen LogP contribution in [0.3, 0.4) is 0 Å². The summed E-state index contributed by atoms with van der Waals surface area (Å²) in [5.74, 6) is 0.408. The molecule has 6 atom stereocenters. The quantitative estimate of drug-likeness (QED) is 0.771. The number of rotatable bonds is 3. The first-order valence-electron chi connectivity index (χ1n) is 10.5. The number of nitrogens with zero attached hydrogens (tertiary/aromatic N) is 1. The van der Waals surface area contributed by atoms with Crippen LogP contribution < -0.4 is 5.73 Å². The third-order valence-corrected chi connectivity index (χ3v) is 7.37. The number of ether oxygens (including phenoxy) is 1. The summed E-state index contributed by atoms with van der Waals surface area (Å²) in [5.41, 5.74) is 8.64. The Kier molecular flexibility index (Phi) is 4.86. The van der Waals surface area contributed by atoms with Crippen LogP contribution in [0.4, 0.5) is 0 Å². The number of benzene rings is 1. The van der Waals surface area contributed by atoms with E-state index in [1.807, 2.05) is 37.4 Å². The predicted molar refractivity (Wildman–Crippen MR) is 116 cm³/mol. The maximum atomic E-state index is 12.5. The molecule has 2 heterocycles. The first kappa shape index (κ1) is 19.8. The van der Waals surface area contributed by atoms with E-state index >= 15 is 0 Å². The van der Waals surface area contributed by atoms with E-state index in [9.17, 15) is 4.79 Å². The van der Waals surface area contributed by atoms with Gasteiger partial charge >= 0.3 is 5.97 Å². The molecule has 152 valence electrons. The molecule has 4 heteroatoms. The first-order chi connectivity index (χ1) is 13.8. The van der Waals surface area contributed by atoms with Gasteiger partial charge in [-0.3, -0.25) is 9.78 Å². The molecular weight excluding hydrogens is 360 g/mol. The fraction of sp³-hybridized carbons (Fsp3) is 0.440. The molecule has 1 aliphatic heterocycles. The summed E-state index contributed by atoms with van der Waals surface area (Å²) in [5, 5.41) is 0. The van der Waals surface area contributed by atoms with Gasteiger partial charge in [0.05, 0.1) is 5.69 Å². The average molecular weight is 391 g/mol. The van der Waals surface area contributed by atoms with Gasteiger partial charge in [0.2, 0.25) is 0 Å². The number of hydrogen-bond donors (Lipinski definition) is 1. The van der Waals surface area contributed by atoms with Crippen molar-refractivity contribution < 1.29 is 9.53 Å². The summed E-state index contributed by atoms with van der Waals surface area (Å²) in [4.78, 5) is 17.2. The Morgan fingerprint density at radius 3 is 2.48 bits per heavy atom. The lowest BCUT2D eigenvalue weighted by Gasteiger charge is -2.52. The van der Waals surface area contributed by atoms with Gasteiger partial charge in [-0.05, 0) is 48.3 Å². The van der Waals surface area contributed by atoms with Crippen LogP contribution in [0.5, 0.6) is 0 Å². The molecule has 4 nitrogen and oxygen atoms in total. The number of aromatic nitrogens is 1. The highest BCUT2D eigenvalue weighted by molar-refractivity contribution is 5.84. The molecule has 1 saturated carbocycles.